The minimum atomic E-state index is -0.279. The van der Waals surface area contributed by atoms with E-state index in [4.69, 9.17) is 0 Å². The Morgan fingerprint density at radius 2 is 1.82 bits per heavy atom. The Morgan fingerprint density at radius 3 is 2.59 bits per heavy atom. The second kappa shape index (κ2) is 8.64. The maximum Gasteiger partial charge on any atom is 0.253 e. The molecule has 7 rings (SSSR count). The van der Waals surface area contributed by atoms with E-state index >= 15 is 0 Å². The molecule has 1 saturated carbocycles. The van der Waals surface area contributed by atoms with Gasteiger partial charge in [-0.3, -0.25) is 4.79 Å². The first-order chi connectivity index (χ1) is 19.0. The number of halogens is 1. The number of aromatic nitrogens is 2. The average molecular weight is 513 g/mol. The van der Waals surface area contributed by atoms with Crippen molar-refractivity contribution in [3.63, 3.8) is 0 Å². The number of hydrogen-bond donors (Lipinski definition) is 0. The zero-order valence-electron chi connectivity index (χ0n) is 21.4. The lowest BCUT2D eigenvalue weighted by atomic mass is 9.86. The zero-order chi connectivity index (χ0) is 26.7. The quantitative estimate of drug-likeness (QED) is 0.290. The van der Waals surface area contributed by atoms with Crippen LogP contribution in [0, 0.1) is 30.0 Å². The summed E-state index contributed by atoms with van der Waals surface area (Å²) in [5.74, 6) is 0.301. The van der Waals surface area contributed by atoms with Crippen LogP contribution in [-0.4, -0.2) is 33.7 Å². The van der Waals surface area contributed by atoms with E-state index in [-0.39, 0.29) is 17.1 Å². The minimum absolute atomic E-state index is 0.0339. The first-order valence-electron chi connectivity index (χ1n) is 13.1. The van der Waals surface area contributed by atoms with Crippen molar-refractivity contribution in [1.82, 2.24) is 14.7 Å². The van der Waals surface area contributed by atoms with Gasteiger partial charge >= 0.3 is 0 Å². The number of nitrogens with zero attached hydrogens (tertiary/aromatic N) is 4. The maximum atomic E-state index is 13.6. The molecule has 0 spiro atoms. The van der Waals surface area contributed by atoms with Gasteiger partial charge in [0.1, 0.15) is 5.82 Å². The molecule has 1 aliphatic carbocycles. The van der Waals surface area contributed by atoms with Crippen LogP contribution in [0.15, 0.2) is 97.2 Å². The molecule has 1 aliphatic heterocycles. The molecule has 2 aliphatic rings. The highest BCUT2D eigenvalue weighted by molar-refractivity contribution is 5.95. The number of rotatable bonds is 4. The van der Waals surface area contributed by atoms with Crippen LogP contribution < -0.4 is 0 Å². The fourth-order valence-corrected chi connectivity index (χ4v) is 6.79. The van der Waals surface area contributed by atoms with Crippen LogP contribution in [0.25, 0.3) is 16.6 Å². The maximum absolute atomic E-state index is 13.6. The molecule has 190 valence electrons. The van der Waals surface area contributed by atoms with Crippen molar-refractivity contribution in [3.8, 4) is 11.8 Å². The predicted octanol–water partition coefficient (Wildman–Crippen LogP) is 6.15. The molecular weight excluding hydrogens is 487 g/mol. The molecule has 2 heterocycles. The van der Waals surface area contributed by atoms with Gasteiger partial charge in [-0.2, -0.15) is 10.4 Å². The van der Waals surface area contributed by atoms with Gasteiger partial charge in [0, 0.05) is 35.4 Å². The highest BCUT2D eigenvalue weighted by atomic mass is 19.1. The van der Waals surface area contributed by atoms with Crippen LogP contribution in [-0.2, 0) is 5.41 Å². The Labute approximate surface area is 225 Å². The van der Waals surface area contributed by atoms with Crippen LogP contribution in [0.1, 0.15) is 38.5 Å². The van der Waals surface area contributed by atoms with E-state index < -0.39 is 0 Å². The van der Waals surface area contributed by atoms with Gasteiger partial charge in [-0.1, -0.05) is 36.4 Å². The van der Waals surface area contributed by atoms with Gasteiger partial charge in [0.15, 0.2) is 0 Å². The number of benzene rings is 4. The average Bonchev–Trinajstić information content (AvgIpc) is 3.23. The summed E-state index contributed by atoms with van der Waals surface area (Å²) < 4.78 is 15.4. The summed E-state index contributed by atoms with van der Waals surface area (Å²) in [5, 5.41) is 14.9. The summed E-state index contributed by atoms with van der Waals surface area (Å²) in [4.78, 5) is 15.5. The third-order valence-corrected chi connectivity index (χ3v) is 8.55. The minimum Gasteiger partial charge on any atom is -0.337 e. The Morgan fingerprint density at radius 1 is 1.03 bits per heavy atom. The first kappa shape index (κ1) is 23.4. The molecule has 1 aromatic heterocycles. The van der Waals surface area contributed by atoms with Crippen LogP contribution in [0.4, 0.5) is 4.39 Å². The Kier molecular flexibility index (Phi) is 5.18. The number of aryl methyl sites for hydroxylation is 1. The lowest BCUT2D eigenvalue weighted by Gasteiger charge is -2.26. The lowest BCUT2D eigenvalue weighted by molar-refractivity contribution is 0.0769. The Bertz CT molecular complexity index is 1790. The normalized spacial score (nSPS) is 21.5. The summed E-state index contributed by atoms with van der Waals surface area (Å²) in [5.41, 5.74) is 6.30. The van der Waals surface area contributed by atoms with E-state index in [0.717, 1.165) is 22.2 Å². The molecule has 3 atom stereocenters. The number of carbonyl (C=O) groups is 1. The third-order valence-electron chi connectivity index (χ3n) is 8.55. The van der Waals surface area contributed by atoms with E-state index in [1.807, 2.05) is 21.8 Å². The van der Waals surface area contributed by atoms with Crippen molar-refractivity contribution in [2.45, 2.75) is 18.3 Å². The second-order valence-electron chi connectivity index (χ2n) is 10.7. The van der Waals surface area contributed by atoms with E-state index in [1.54, 1.807) is 36.4 Å². The molecule has 0 bridgehead atoms. The lowest BCUT2D eigenvalue weighted by Crippen LogP contribution is -2.34. The van der Waals surface area contributed by atoms with E-state index in [2.05, 4.69) is 54.5 Å². The topological polar surface area (TPSA) is 61.9 Å². The molecule has 0 unspecified atom stereocenters. The molecule has 6 heteroatoms. The van der Waals surface area contributed by atoms with Gasteiger partial charge in [-0.05, 0) is 84.1 Å². The van der Waals surface area contributed by atoms with Gasteiger partial charge in [-0.15, -0.1) is 0 Å². The molecule has 0 N–H and O–H groups in total. The van der Waals surface area contributed by atoms with Gasteiger partial charge in [-0.25, -0.2) is 9.07 Å². The SMILES string of the molecule is Cc1cc2c(cnn2-c2ccc(F)cc2)cc1[C@]12CN(C(=O)c3cccc(C#N)c3)C[C@H]1[C@@H]2c1ccccc1. The summed E-state index contributed by atoms with van der Waals surface area (Å²) in [7, 11) is 0. The van der Waals surface area contributed by atoms with Gasteiger partial charge in [0.05, 0.1) is 29.0 Å². The fraction of sp³-hybridized carbons (Fsp3) is 0.182. The monoisotopic (exact) mass is 512 g/mol. The second-order valence-corrected chi connectivity index (χ2v) is 10.7. The smallest absolute Gasteiger partial charge is 0.253 e. The highest BCUT2D eigenvalue weighted by Crippen LogP contribution is 2.69. The standard InChI is InChI=1S/C33H25FN4O/c1-21-14-30-25(18-36-38(30)27-12-10-26(34)11-13-27)16-28(21)33-20-37(32(39)24-9-5-6-22(15-24)17-35)19-29(33)31(33)23-7-3-2-4-8-23/h2-16,18,29,31H,19-20H2,1H3/t29-,31-,33+/m0/s1. The van der Waals surface area contributed by atoms with Gasteiger partial charge < -0.3 is 4.90 Å². The van der Waals surface area contributed by atoms with E-state index in [0.29, 0.717) is 36.1 Å². The predicted molar refractivity (Wildman–Crippen MR) is 147 cm³/mol. The number of amides is 1. The van der Waals surface area contributed by atoms with Crippen molar-refractivity contribution >= 4 is 16.8 Å². The van der Waals surface area contributed by atoms with Crippen molar-refractivity contribution in [2.24, 2.45) is 5.92 Å². The number of hydrogen-bond acceptors (Lipinski definition) is 3. The number of piperidine rings is 1. The van der Waals surface area contributed by atoms with Crippen molar-refractivity contribution in [1.29, 1.82) is 5.26 Å². The van der Waals surface area contributed by atoms with E-state index in [1.165, 1.54) is 23.3 Å². The van der Waals surface area contributed by atoms with E-state index in [9.17, 15) is 14.4 Å². The number of nitriles is 1. The Hall–Kier alpha value is -4.76. The van der Waals surface area contributed by atoms with Crippen molar-refractivity contribution < 1.29 is 9.18 Å². The van der Waals surface area contributed by atoms with Crippen molar-refractivity contribution in [3.05, 3.63) is 131 Å². The van der Waals surface area contributed by atoms with Gasteiger partial charge in [0.25, 0.3) is 5.91 Å². The number of carbonyl (C=O) groups excluding carboxylic acids is 1. The zero-order valence-corrected chi connectivity index (χ0v) is 21.4. The molecule has 0 radical (unpaired) electrons. The number of fused-ring (bicyclic) bond motifs is 2. The molecule has 5 nitrogen and oxygen atoms in total. The summed E-state index contributed by atoms with van der Waals surface area (Å²) in [6, 6.07) is 30.4. The summed E-state index contributed by atoms with van der Waals surface area (Å²) in [6.45, 7) is 3.41. The highest BCUT2D eigenvalue weighted by Gasteiger charge is 2.70. The molecule has 1 saturated heterocycles. The molecule has 5 aromatic rings. The Balaban J connectivity index is 1.30. The number of likely N-dealkylation sites (tertiary alicyclic amines) is 1. The van der Waals surface area contributed by atoms with Crippen LogP contribution in [0.2, 0.25) is 0 Å². The summed E-state index contributed by atoms with van der Waals surface area (Å²) >= 11 is 0. The van der Waals surface area contributed by atoms with Crippen molar-refractivity contribution in [2.75, 3.05) is 13.1 Å². The molecule has 2 fully saturated rings. The largest absolute Gasteiger partial charge is 0.337 e. The molecule has 4 aromatic carbocycles. The molecule has 1 amide bonds. The van der Waals surface area contributed by atoms with Crippen LogP contribution in [0.5, 0.6) is 0 Å². The molecular formula is C33H25FN4O. The van der Waals surface area contributed by atoms with Gasteiger partial charge in [0.2, 0.25) is 0 Å². The fourth-order valence-electron chi connectivity index (χ4n) is 6.79. The first-order valence-corrected chi connectivity index (χ1v) is 13.1. The summed E-state index contributed by atoms with van der Waals surface area (Å²) in [6.07, 6.45) is 1.86. The van der Waals surface area contributed by atoms with Crippen LogP contribution >= 0.6 is 0 Å². The van der Waals surface area contributed by atoms with Crippen LogP contribution in [0.3, 0.4) is 0 Å². The molecule has 39 heavy (non-hydrogen) atoms. The third kappa shape index (κ3) is 3.58.